The Balaban J connectivity index is 2.17. The van der Waals surface area contributed by atoms with Crippen molar-refractivity contribution in [3.63, 3.8) is 0 Å². The van der Waals surface area contributed by atoms with Crippen molar-refractivity contribution in [3.8, 4) is 0 Å². The number of nitrogens with zero attached hydrogens (tertiary/aromatic N) is 2. The van der Waals surface area contributed by atoms with Crippen LogP contribution >= 0.6 is 11.6 Å². The van der Waals surface area contributed by atoms with Crippen LogP contribution in [0.3, 0.4) is 0 Å². The molecule has 0 radical (unpaired) electrons. The van der Waals surface area contributed by atoms with Crippen LogP contribution in [0.15, 0.2) is 33.5 Å². The fourth-order valence-electron chi connectivity index (χ4n) is 1.65. The molecule has 0 saturated carbocycles. The summed E-state index contributed by atoms with van der Waals surface area (Å²) in [6.45, 7) is 0.0697. The second-order valence-corrected chi connectivity index (χ2v) is 4.32. The quantitative estimate of drug-likeness (QED) is 0.897. The van der Waals surface area contributed by atoms with Gasteiger partial charge in [0, 0.05) is 17.7 Å². The van der Waals surface area contributed by atoms with Gasteiger partial charge in [-0.15, -0.1) is 5.10 Å². The van der Waals surface area contributed by atoms with E-state index in [4.69, 9.17) is 20.8 Å². The predicted molar refractivity (Wildman–Crippen MR) is 67.9 cm³/mol. The summed E-state index contributed by atoms with van der Waals surface area (Å²) in [6, 6.07) is 6.88. The van der Waals surface area contributed by atoms with Crippen LogP contribution in [0.1, 0.15) is 17.6 Å². The van der Waals surface area contributed by atoms with Gasteiger partial charge in [-0.05, 0) is 6.07 Å². The second kappa shape index (κ2) is 6.01. The second-order valence-electron chi connectivity index (χ2n) is 3.91. The minimum atomic E-state index is -0.938. The van der Waals surface area contributed by atoms with E-state index >= 15 is 0 Å². The summed E-state index contributed by atoms with van der Waals surface area (Å²) >= 11 is 5.97. The van der Waals surface area contributed by atoms with Crippen LogP contribution in [-0.2, 0) is 17.9 Å². The van der Waals surface area contributed by atoms with Crippen LogP contribution in [0, 0.1) is 0 Å². The molecule has 1 atom stereocenters. The molecule has 0 fully saturated rings. The van der Waals surface area contributed by atoms with Crippen LogP contribution in [0.5, 0.6) is 0 Å². The number of halogens is 1. The molecule has 6 nitrogen and oxygen atoms in total. The summed E-state index contributed by atoms with van der Waals surface area (Å²) in [5.74, 6) is -0.475. The van der Waals surface area contributed by atoms with Crippen molar-refractivity contribution in [1.82, 2.24) is 9.78 Å². The van der Waals surface area contributed by atoms with Crippen molar-refractivity contribution in [2.75, 3.05) is 7.11 Å². The highest BCUT2D eigenvalue weighted by molar-refractivity contribution is 6.31. The Hall–Kier alpha value is -1.63. The molecular weight excluding hydrogens is 272 g/mol. The highest BCUT2D eigenvalue weighted by atomic mass is 35.5. The van der Waals surface area contributed by atoms with Crippen molar-refractivity contribution in [2.45, 2.75) is 19.3 Å². The Morgan fingerprint density at radius 3 is 2.95 bits per heavy atom. The van der Waals surface area contributed by atoms with Gasteiger partial charge in [0.25, 0.3) is 0 Å². The largest absolute Gasteiger partial charge is 0.437 e. The Bertz CT molecular complexity index is 608. The van der Waals surface area contributed by atoms with Gasteiger partial charge < -0.3 is 14.3 Å². The molecule has 1 heterocycles. The summed E-state index contributed by atoms with van der Waals surface area (Å²) in [7, 11) is 1.47. The summed E-state index contributed by atoms with van der Waals surface area (Å²) in [5.41, 5.74) is 0.535. The van der Waals surface area contributed by atoms with E-state index < -0.39 is 11.9 Å². The normalized spacial score (nSPS) is 12.6. The van der Waals surface area contributed by atoms with Gasteiger partial charge >= 0.3 is 5.76 Å². The fraction of sp³-hybridized carbons (Fsp3) is 0.333. The number of benzene rings is 1. The van der Waals surface area contributed by atoms with E-state index in [0.717, 1.165) is 4.68 Å². The van der Waals surface area contributed by atoms with E-state index in [0.29, 0.717) is 10.6 Å². The molecule has 2 aromatic rings. The molecule has 0 saturated heterocycles. The maximum atomic E-state index is 11.5. The van der Waals surface area contributed by atoms with E-state index in [-0.39, 0.29) is 19.0 Å². The van der Waals surface area contributed by atoms with Crippen molar-refractivity contribution in [1.29, 1.82) is 0 Å². The van der Waals surface area contributed by atoms with Crippen LogP contribution in [0.2, 0.25) is 5.02 Å². The number of aromatic nitrogens is 2. The Kier molecular flexibility index (Phi) is 4.36. The summed E-state index contributed by atoms with van der Waals surface area (Å²) in [4.78, 5) is 11.5. The average molecular weight is 285 g/mol. The van der Waals surface area contributed by atoms with Gasteiger partial charge in [0.05, 0.1) is 6.54 Å². The number of rotatable bonds is 5. The van der Waals surface area contributed by atoms with Gasteiger partial charge in [-0.1, -0.05) is 29.8 Å². The molecule has 0 aliphatic rings. The van der Waals surface area contributed by atoms with E-state index in [9.17, 15) is 9.90 Å². The van der Waals surface area contributed by atoms with Crippen molar-refractivity contribution < 1.29 is 14.3 Å². The van der Waals surface area contributed by atoms with Gasteiger partial charge in [0.1, 0.15) is 12.7 Å². The zero-order chi connectivity index (χ0) is 13.8. The first kappa shape index (κ1) is 13.8. The van der Waals surface area contributed by atoms with Gasteiger partial charge in [0.2, 0.25) is 5.89 Å². The summed E-state index contributed by atoms with van der Waals surface area (Å²) in [5, 5.41) is 14.4. The number of hydrogen-bond acceptors (Lipinski definition) is 5. The molecule has 19 heavy (non-hydrogen) atoms. The van der Waals surface area contributed by atoms with Gasteiger partial charge in [0.15, 0.2) is 0 Å². The standard InChI is InChI=1S/C12H13ClN2O4/c1-18-7-11-14-15(12(17)19-11)6-10(16)8-4-2-3-5-9(8)13/h2-5,10,16H,6-7H2,1H3. The van der Waals surface area contributed by atoms with Crippen molar-refractivity contribution in [2.24, 2.45) is 0 Å². The lowest BCUT2D eigenvalue weighted by Gasteiger charge is -2.11. The van der Waals surface area contributed by atoms with Crippen molar-refractivity contribution >= 4 is 11.6 Å². The summed E-state index contributed by atoms with van der Waals surface area (Å²) < 4.78 is 10.7. The topological polar surface area (TPSA) is 77.5 Å². The average Bonchev–Trinajstić information content (AvgIpc) is 2.70. The number of aliphatic hydroxyl groups excluding tert-OH is 1. The minimum Gasteiger partial charge on any atom is -0.390 e. The third kappa shape index (κ3) is 3.23. The molecule has 2 rings (SSSR count). The lowest BCUT2D eigenvalue weighted by molar-refractivity contribution is 0.148. The van der Waals surface area contributed by atoms with Crippen LogP contribution in [-0.4, -0.2) is 22.0 Å². The Labute approximate surface area is 114 Å². The Morgan fingerprint density at radius 1 is 1.53 bits per heavy atom. The minimum absolute atomic E-state index is 0.0320. The predicted octanol–water partition coefficient (Wildman–Crippen LogP) is 1.37. The molecule has 0 bridgehead atoms. The number of ether oxygens (including phenoxy) is 1. The number of aliphatic hydroxyl groups is 1. The summed E-state index contributed by atoms with van der Waals surface area (Å²) in [6.07, 6.45) is -0.938. The van der Waals surface area contributed by atoms with E-state index in [1.165, 1.54) is 7.11 Å². The number of methoxy groups -OCH3 is 1. The number of hydrogen-bond donors (Lipinski definition) is 1. The fourth-order valence-corrected chi connectivity index (χ4v) is 1.92. The van der Waals surface area contributed by atoms with Gasteiger partial charge in [-0.3, -0.25) is 0 Å². The lowest BCUT2D eigenvalue weighted by Crippen LogP contribution is -2.20. The van der Waals surface area contributed by atoms with E-state index in [2.05, 4.69) is 5.10 Å². The maximum Gasteiger partial charge on any atom is 0.437 e. The molecule has 0 aliphatic carbocycles. The smallest absolute Gasteiger partial charge is 0.390 e. The van der Waals surface area contributed by atoms with E-state index in [1.54, 1.807) is 24.3 Å². The monoisotopic (exact) mass is 284 g/mol. The molecule has 1 N–H and O–H groups in total. The molecule has 0 spiro atoms. The van der Waals surface area contributed by atoms with Gasteiger partial charge in [-0.25, -0.2) is 4.79 Å². The first-order chi connectivity index (χ1) is 9.11. The highest BCUT2D eigenvalue weighted by Gasteiger charge is 2.15. The molecule has 102 valence electrons. The van der Waals surface area contributed by atoms with Crippen LogP contribution in [0.4, 0.5) is 0 Å². The maximum absolute atomic E-state index is 11.5. The SMILES string of the molecule is COCc1nn(CC(O)c2ccccc2Cl)c(=O)o1. The molecular formula is C12H13ClN2O4. The van der Waals surface area contributed by atoms with Crippen LogP contribution < -0.4 is 5.76 Å². The highest BCUT2D eigenvalue weighted by Crippen LogP contribution is 2.23. The van der Waals surface area contributed by atoms with Gasteiger partial charge in [-0.2, -0.15) is 4.68 Å². The third-order valence-corrected chi connectivity index (χ3v) is 2.87. The molecule has 1 aromatic carbocycles. The third-order valence-electron chi connectivity index (χ3n) is 2.53. The molecule has 1 unspecified atom stereocenters. The molecule has 1 aromatic heterocycles. The molecule has 0 amide bonds. The zero-order valence-electron chi connectivity index (χ0n) is 10.2. The first-order valence-electron chi connectivity index (χ1n) is 5.60. The molecule has 0 aliphatic heterocycles. The first-order valence-corrected chi connectivity index (χ1v) is 5.98. The lowest BCUT2D eigenvalue weighted by atomic mass is 10.1. The van der Waals surface area contributed by atoms with Crippen LogP contribution in [0.25, 0.3) is 0 Å². The van der Waals surface area contributed by atoms with Crippen molar-refractivity contribution in [3.05, 3.63) is 51.3 Å². The molecule has 7 heteroatoms. The van der Waals surface area contributed by atoms with E-state index in [1.807, 2.05) is 0 Å². The zero-order valence-corrected chi connectivity index (χ0v) is 11.0. The Morgan fingerprint density at radius 2 is 2.26 bits per heavy atom.